The SMILES string of the molecule is COc1cccc(CC(=O)NCc2ccnc(-c3cnn(C)c3)c2)c1. The number of carbonyl (C=O) groups is 1. The fraction of sp³-hybridized carbons (Fsp3) is 0.211. The topological polar surface area (TPSA) is 69.0 Å². The summed E-state index contributed by atoms with van der Waals surface area (Å²) < 4.78 is 6.91. The van der Waals surface area contributed by atoms with Gasteiger partial charge in [-0.2, -0.15) is 5.10 Å². The molecule has 0 aliphatic carbocycles. The molecule has 0 bridgehead atoms. The van der Waals surface area contributed by atoms with Crippen LogP contribution in [0.25, 0.3) is 11.3 Å². The maximum Gasteiger partial charge on any atom is 0.224 e. The number of amides is 1. The molecule has 0 atom stereocenters. The molecule has 1 amide bonds. The lowest BCUT2D eigenvalue weighted by Crippen LogP contribution is -2.24. The normalized spacial score (nSPS) is 10.5. The van der Waals surface area contributed by atoms with Crippen molar-refractivity contribution in [2.75, 3.05) is 7.11 Å². The number of aromatic nitrogens is 3. The summed E-state index contributed by atoms with van der Waals surface area (Å²) in [5.41, 5.74) is 3.70. The Labute approximate surface area is 146 Å². The number of nitrogens with one attached hydrogen (secondary N) is 1. The van der Waals surface area contributed by atoms with Gasteiger partial charge in [0.1, 0.15) is 5.75 Å². The molecule has 2 heterocycles. The Morgan fingerprint density at radius 2 is 2.12 bits per heavy atom. The summed E-state index contributed by atoms with van der Waals surface area (Å²) in [7, 11) is 3.48. The van der Waals surface area contributed by atoms with Crippen molar-refractivity contribution in [2.24, 2.45) is 7.05 Å². The molecule has 0 spiro atoms. The van der Waals surface area contributed by atoms with E-state index in [0.717, 1.165) is 28.1 Å². The number of hydrogen-bond acceptors (Lipinski definition) is 4. The molecule has 6 nitrogen and oxygen atoms in total. The van der Waals surface area contributed by atoms with E-state index in [2.05, 4.69) is 15.4 Å². The molecule has 0 aliphatic heterocycles. The van der Waals surface area contributed by atoms with Gasteiger partial charge in [0.05, 0.1) is 25.4 Å². The van der Waals surface area contributed by atoms with E-state index in [-0.39, 0.29) is 5.91 Å². The molecule has 25 heavy (non-hydrogen) atoms. The van der Waals surface area contributed by atoms with Crippen LogP contribution in [0.4, 0.5) is 0 Å². The lowest BCUT2D eigenvalue weighted by Gasteiger charge is -2.07. The van der Waals surface area contributed by atoms with Crippen LogP contribution >= 0.6 is 0 Å². The zero-order chi connectivity index (χ0) is 17.6. The highest BCUT2D eigenvalue weighted by Crippen LogP contribution is 2.17. The van der Waals surface area contributed by atoms with Crippen molar-refractivity contribution in [1.82, 2.24) is 20.1 Å². The molecular formula is C19H20N4O2. The zero-order valence-corrected chi connectivity index (χ0v) is 14.3. The lowest BCUT2D eigenvalue weighted by atomic mass is 10.1. The quantitative estimate of drug-likeness (QED) is 0.750. The first-order chi connectivity index (χ1) is 12.1. The lowest BCUT2D eigenvalue weighted by molar-refractivity contribution is -0.120. The molecule has 128 valence electrons. The van der Waals surface area contributed by atoms with Gasteiger partial charge in [-0.15, -0.1) is 0 Å². The van der Waals surface area contributed by atoms with Gasteiger partial charge >= 0.3 is 0 Å². The van der Waals surface area contributed by atoms with Gasteiger partial charge in [-0.05, 0) is 35.4 Å². The number of ether oxygens (including phenoxy) is 1. The van der Waals surface area contributed by atoms with Gasteiger partial charge in [0.25, 0.3) is 0 Å². The van der Waals surface area contributed by atoms with Crippen LogP contribution in [-0.2, 0) is 24.8 Å². The molecule has 0 saturated carbocycles. The van der Waals surface area contributed by atoms with E-state index in [1.54, 1.807) is 24.2 Å². The highest BCUT2D eigenvalue weighted by atomic mass is 16.5. The van der Waals surface area contributed by atoms with Crippen molar-refractivity contribution >= 4 is 5.91 Å². The van der Waals surface area contributed by atoms with Gasteiger partial charge in [-0.25, -0.2) is 0 Å². The number of pyridine rings is 1. The van der Waals surface area contributed by atoms with Gasteiger partial charge < -0.3 is 10.1 Å². The van der Waals surface area contributed by atoms with Gasteiger partial charge in [0.15, 0.2) is 0 Å². The molecule has 3 aromatic rings. The van der Waals surface area contributed by atoms with Crippen LogP contribution in [0.15, 0.2) is 55.0 Å². The van der Waals surface area contributed by atoms with Crippen molar-refractivity contribution < 1.29 is 9.53 Å². The van der Waals surface area contributed by atoms with Gasteiger partial charge in [0, 0.05) is 31.5 Å². The zero-order valence-electron chi connectivity index (χ0n) is 14.3. The van der Waals surface area contributed by atoms with Crippen LogP contribution in [0.1, 0.15) is 11.1 Å². The summed E-state index contributed by atoms with van der Waals surface area (Å²) in [6.07, 6.45) is 5.74. The Balaban J connectivity index is 1.60. The molecular weight excluding hydrogens is 316 g/mol. The minimum absolute atomic E-state index is 0.0343. The third-order valence-electron chi connectivity index (χ3n) is 3.81. The predicted octanol–water partition coefficient (Wildman–Crippen LogP) is 2.35. The van der Waals surface area contributed by atoms with Crippen LogP contribution in [0.5, 0.6) is 5.75 Å². The smallest absolute Gasteiger partial charge is 0.224 e. The highest BCUT2D eigenvalue weighted by molar-refractivity contribution is 5.78. The molecule has 2 aromatic heterocycles. The van der Waals surface area contributed by atoms with Crippen LogP contribution in [0.3, 0.4) is 0 Å². The molecule has 0 unspecified atom stereocenters. The Kier molecular flexibility index (Phi) is 5.09. The number of methoxy groups -OCH3 is 1. The summed E-state index contributed by atoms with van der Waals surface area (Å²) in [6, 6.07) is 11.4. The van der Waals surface area contributed by atoms with E-state index in [1.807, 2.05) is 49.6 Å². The second-order valence-corrected chi connectivity index (χ2v) is 5.76. The molecule has 6 heteroatoms. The third kappa shape index (κ3) is 4.44. The Bertz CT molecular complexity index is 873. The average Bonchev–Trinajstić information content (AvgIpc) is 3.07. The third-order valence-corrected chi connectivity index (χ3v) is 3.81. The number of nitrogens with zero attached hydrogens (tertiary/aromatic N) is 3. The number of benzene rings is 1. The monoisotopic (exact) mass is 336 g/mol. The molecule has 0 fully saturated rings. The largest absolute Gasteiger partial charge is 0.497 e. The molecule has 0 aliphatic rings. The first-order valence-electron chi connectivity index (χ1n) is 7.97. The fourth-order valence-electron chi connectivity index (χ4n) is 2.53. The van der Waals surface area contributed by atoms with E-state index in [9.17, 15) is 4.79 Å². The van der Waals surface area contributed by atoms with Crippen LogP contribution in [-0.4, -0.2) is 27.8 Å². The summed E-state index contributed by atoms with van der Waals surface area (Å²) in [5.74, 6) is 0.716. The minimum Gasteiger partial charge on any atom is -0.497 e. The Morgan fingerprint density at radius 3 is 2.88 bits per heavy atom. The fourth-order valence-corrected chi connectivity index (χ4v) is 2.53. The van der Waals surface area contributed by atoms with E-state index >= 15 is 0 Å². The van der Waals surface area contributed by atoms with Crippen molar-refractivity contribution in [3.63, 3.8) is 0 Å². The standard InChI is InChI=1S/C19H20N4O2/c1-23-13-16(12-22-23)18-9-15(6-7-20-18)11-21-19(24)10-14-4-3-5-17(8-14)25-2/h3-9,12-13H,10-11H2,1-2H3,(H,21,24). The summed E-state index contributed by atoms with van der Waals surface area (Å²) in [5, 5.41) is 7.09. The van der Waals surface area contributed by atoms with Crippen LogP contribution < -0.4 is 10.1 Å². The van der Waals surface area contributed by atoms with E-state index in [1.165, 1.54) is 0 Å². The van der Waals surface area contributed by atoms with Crippen molar-refractivity contribution in [3.8, 4) is 17.0 Å². The minimum atomic E-state index is -0.0343. The number of hydrogen-bond donors (Lipinski definition) is 1. The van der Waals surface area contributed by atoms with Gasteiger partial charge in [-0.3, -0.25) is 14.5 Å². The van der Waals surface area contributed by atoms with Gasteiger partial charge in [-0.1, -0.05) is 12.1 Å². The van der Waals surface area contributed by atoms with E-state index in [0.29, 0.717) is 13.0 Å². The van der Waals surface area contributed by atoms with E-state index in [4.69, 9.17) is 4.74 Å². The average molecular weight is 336 g/mol. The van der Waals surface area contributed by atoms with E-state index < -0.39 is 0 Å². The second kappa shape index (κ2) is 7.61. The summed E-state index contributed by atoms with van der Waals surface area (Å²) >= 11 is 0. The second-order valence-electron chi connectivity index (χ2n) is 5.76. The number of carbonyl (C=O) groups excluding carboxylic acids is 1. The van der Waals surface area contributed by atoms with Crippen LogP contribution in [0, 0.1) is 0 Å². The number of aryl methyl sites for hydroxylation is 1. The van der Waals surface area contributed by atoms with Crippen molar-refractivity contribution in [2.45, 2.75) is 13.0 Å². The Hall–Kier alpha value is -3.15. The first kappa shape index (κ1) is 16.7. The predicted molar refractivity (Wildman–Crippen MR) is 95.0 cm³/mol. The number of rotatable bonds is 6. The first-order valence-corrected chi connectivity index (χ1v) is 7.97. The molecule has 0 radical (unpaired) electrons. The highest BCUT2D eigenvalue weighted by Gasteiger charge is 2.06. The maximum atomic E-state index is 12.2. The maximum absolute atomic E-state index is 12.2. The Morgan fingerprint density at radius 1 is 1.24 bits per heavy atom. The molecule has 3 rings (SSSR count). The molecule has 0 saturated heterocycles. The summed E-state index contributed by atoms with van der Waals surface area (Å²) in [6.45, 7) is 0.457. The summed E-state index contributed by atoms with van der Waals surface area (Å²) in [4.78, 5) is 16.5. The molecule has 1 aromatic carbocycles. The molecule has 1 N–H and O–H groups in total. The van der Waals surface area contributed by atoms with Crippen molar-refractivity contribution in [3.05, 3.63) is 66.1 Å². The van der Waals surface area contributed by atoms with Crippen LogP contribution in [0.2, 0.25) is 0 Å². The van der Waals surface area contributed by atoms with Gasteiger partial charge in [0.2, 0.25) is 5.91 Å². The van der Waals surface area contributed by atoms with Crippen molar-refractivity contribution in [1.29, 1.82) is 0 Å².